The van der Waals surface area contributed by atoms with E-state index in [0.717, 1.165) is 11.1 Å². The lowest BCUT2D eigenvalue weighted by Crippen LogP contribution is -2.12. The van der Waals surface area contributed by atoms with Crippen molar-refractivity contribution in [2.45, 2.75) is 20.0 Å². The summed E-state index contributed by atoms with van der Waals surface area (Å²) < 4.78 is 5.26. The Morgan fingerprint density at radius 1 is 0.950 bits per heavy atom. The summed E-state index contributed by atoms with van der Waals surface area (Å²) in [5.74, 6) is -0.284. The molecule has 0 aromatic heterocycles. The Balaban J connectivity index is 2.24. The number of hydrogen-bond donors (Lipinski definition) is 0. The Hall–Kier alpha value is -2.35. The standard InChI is InChI=1S/C18H18O2/c1-14(2)20-18(19)17-11-7-6-10-16(17)13-12-15-8-4-3-5-9-15/h3-14H,1-2H3/b13-12+. The highest BCUT2D eigenvalue weighted by Crippen LogP contribution is 2.15. The zero-order valence-electron chi connectivity index (χ0n) is 11.7. The SMILES string of the molecule is CC(C)OC(=O)c1ccccc1/C=C/c1ccccc1. The van der Waals surface area contributed by atoms with Crippen LogP contribution >= 0.6 is 0 Å². The third-order valence-corrected chi connectivity index (χ3v) is 2.78. The van der Waals surface area contributed by atoms with Crippen molar-refractivity contribution in [1.29, 1.82) is 0 Å². The Labute approximate surface area is 119 Å². The van der Waals surface area contributed by atoms with E-state index < -0.39 is 0 Å². The summed E-state index contributed by atoms with van der Waals surface area (Å²) in [6, 6.07) is 17.4. The second kappa shape index (κ2) is 6.71. The van der Waals surface area contributed by atoms with Crippen LogP contribution in [0.4, 0.5) is 0 Å². The first-order valence-electron chi connectivity index (χ1n) is 6.70. The van der Waals surface area contributed by atoms with Crippen molar-refractivity contribution >= 4 is 18.1 Å². The quantitative estimate of drug-likeness (QED) is 0.604. The van der Waals surface area contributed by atoms with Crippen molar-refractivity contribution in [3.05, 3.63) is 71.3 Å². The monoisotopic (exact) mass is 266 g/mol. The highest BCUT2D eigenvalue weighted by molar-refractivity contribution is 5.94. The molecule has 2 heteroatoms. The van der Waals surface area contributed by atoms with Crippen LogP contribution in [0.25, 0.3) is 12.2 Å². The minimum atomic E-state index is -0.284. The second-order valence-electron chi connectivity index (χ2n) is 4.79. The molecule has 0 radical (unpaired) electrons. The molecule has 0 spiro atoms. The molecule has 20 heavy (non-hydrogen) atoms. The summed E-state index contributed by atoms with van der Waals surface area (Å²) in [4.78, 5) is 12.0. The molecule has 2 rings (SSSR count). The van der Waals surface area contributed by atoms with Gasteiger partial charge in [-0.1, -0.05) is 60.7 Å². The number of esters is 1. The number of carbonyl (C=O) groups excluding carboxylic acids is 1. The third kappa shape index (κ3) is 3.82. The van der Waals surface area contributed by atoms with E-state index in [2.05, 4.69) is 0 Å². The van der Waals surface area contributed by atoms with Gasteiger partial charge in [-0.05, 0) is 31.0 Å². The molecule has 0 amide bonds. The summed E-state index contributed by atoms with van der Waals surface area (Å²) in [6.45, 7) is 3.70. The molecule has 2 aromatic rings. The number of carbonyl (C=O) groups is 1. The van der Waals surface area contributed by atoms with E-state index in [1.165, 1.54) is 0 Å². The maximum atomic E-state index is 12.0. The van der Waals surface area contributed by atoms with Gasteiger partial charge in [-0.3, -0.25) is 0 Å². The van der Waals surface area contributed by atoms with Crippen LogP contribution in [-0.4, -0.2) is 12.1 Å². The molecule has 0 fully saturated rings. The topological polar surface area (TPSA) is 26.3 Å². The van der Waals surface area contributed by atoms with Gasteiger partial charge in [-0.25, -0.2) is 4.79 Å². The van der Waals surface area contributed by atoms with Crippen LogP contribution in [0.5, 0.6) is 0 Å². The van der Waals surface area contributed by atoms with Crippen LogP contribution in [0.15, 0.2) is 54.6 Å². The van der Waals surface area contributed by atoms with Gasteiger partial charge in [0.1, 0.15) is 0 Å². The molecular weight excluding hydrogens is 248 g/mol. The summed E-state index contributed by atoms with van der Waals surface area (Å²) in [7, 11) is 0. The largest absolute Gasteiger partial charge is 0.459 e. The normalized spacial score (nSPS) is 10.9. The fourth-order valence-corrected chi connectivity index (χ4v) is 1.86. The van der Waals surface area contributed by atoms with Crippen molar-refractivity contribution in [3.8, 4) is 0 Å². The summed E-state index contributed by atoms with van der Waals surface area (Å²) in [5, 5.41) is 0. The van der Waals surface area contributed by atoms with Crippen molar-refractivity contribution in [2.75, 3.05) is 0 Å². The average Bonchev–Trinajstić information content (AvgIpc) is 2.46. The molecule has 2 aromatic carbocycles. The molecule has 0 bridgehead atoms. The highest BCUT2D eigenvalue weighted by atomic mass is 16.5. The van der Waals surface area contributed by atoms with Crippen molar-refractivity contribution in [1.82, 2.24) is 0 Å². The Morgan fingerprint density at radius 2 is 1.60 bits per heavy atom. The molecule has 0 aliphatic rings. The Bertz CT molecular complexity index is 598. The first-order chi connectivity index (χ1) is 9.66. The lowest BCUT2D eigenvalue weighted by molar-refractivity contribution is 0.0377. The molecule has 0 saturated carbocycles. The minimum absolute atomic E-state index is 0.117. The smallest absolute Gasteiger partial charge is 0.338 e. The van der Waals surface area contributed by atoms with Gasteiger partial charge in [0.05, 0.1) is 11.7 Å². The van der Waals surface area contributed by atoms with Crippen LogP contribution < -0.4 is 0 Å². The van der Waals surface area contributed by atoms with Crippen molar-refractivity contribution < 1.29 is 9.53 Å². The van der Waals surface area contributed by atoms with Crippen molar-refractivity contribution in [2.24, 2.45) is 0 Å². The summed E-state index contributed by atoms with van der Waals surface area (Å²) in [5.41, 5.74) is 2.55. The molecule has 0 aliphatic heterocycles. The van der Waals surface area contributed by atoms with Gasteiger partial charge >= 0.3 is 5.97 Å². The number of hydrogen-bond acceptors (Lipinski definition) is 2. The van der Waals surface area contributed by atoms with Crippen LogP contribution in [0, 0.1) is 0 Å². The molecular formula is C18H18O2. The summed E-state index contributed by atoms with van der Waals surface area (Å²) >= 11 is 0. The minimum Gasteiger partial charge on any atom is -0.459 e. The van der Waals surface area contributed by atoms with E-state index in [1.54, 1.807) is 6.07 Å². The maximum absolute atomic E-state index is 12.0. The van der Waals surface area contributed by atoms with Gasteiger partial charge in [0.2, 0.25) is 0 Å². The lowest BCUT2D eigenvalue weighted by atomic mass is 10.1. The molecule has 2 nitrogen and oxygen atoms in total. The predicted molar refractivity (Wildman–Crippen MR) is 82.4 cm³/mol. The lowest BCUT2D eigenvalue weighted by Gasteiger charge is -2.09. The van der Waals surface area contributed by atoms with E-state index in [1.807, 2.05) is 74.5 Å². The van der Waals surface area contributed by atoms with E-state index in [9.17, 15) is 4.79 Å². The molecule has 102 valence electrons. The zero-order valence-corrected chi connectivity index (χ0v) is 11.7. The van der Waals surface area contributed by atoms with E-state index in [-0.39, 0.29) is 12.1 Å². The van der Waals surface area contributed by atoms with E-state index in [4.69, 9.17) is 4.74 Å². The summed E-state index contributed by atoms with van der Waals surface area (Å²) in [6.07, 6.45) is 3.81. The first kappa shape index (κ1) is 14.1. The van der Waals surface area contributed by atoms with Gasteiger partial charge in [0, 0.05) is 0 Å². The fourth-order valence-electron chi connectivity index (χ4n) is 1.86. The van der Waals surface area contributed by atoms with Gasteiger partial charge in [0.15, 0.2) is 0 Å². The number of rotatable bonds is 4. The predicted octanol–water partition coefficient (Wildman–Crippen LogP) is 4.42. The maximum Gasteiger partial charge on any atom is 0.338 e. The van der Waals surface area contributed by atoms with Crippen LogP contribution in [0.2, 0.25) is 0 Å². The van der Waals surface area contributed by atoms with Gasteiger partial charge in [-0.15, -0.1) is 0 Å². The average molecular weight is 266 g/mol. The fraction of sp³-hybridized carbons (Fsp3) is 0.167. The van der Waals surface area contributed by atoms with Crippen molar-refractivity contribution in [3.63, 3.8) is 0 Å². The molecule has 0 heterocycles. The van der Waals surface area contributed by atoms with Gasteiger partial charge in [-0.2, -0.15) is 0 Å². The molecule has 0 saturated heterocycles. The van der Waals surface area contributed by atoms with Crippen LogP contribution in [0.3, 0.4) is 0 Å². The second-order valence-corrected chi connectivity index (χ2v) is 4.79. The van der Waals surface area contributed by atoms with Gasteiger partial charge in [0.25, 0.3) is 0 Å². The molecule has 0 aliphatic carbocycles. The van der Waals surface area contributed by atoms with Crippen LogP contribution in [0.1, 0.15) is 35.3 Å². The number of ether oxygens (including phenoxy) is 1. The van der Waals surface area contributed by atoms with E-state index in [0.29, 0.717) is 5.56 Å². The third-order valence-electron chi connectivity index (χ3n) is 2.78. The van der Waals surface area contributed by atoms with E-state index >= 15 is 0 Å². The highest BCUT2D eigenvalue weighted by Gasteiger charge is 2.11. The Kier molecular flexibility index (Phi) is 4.72. The molecule has 0 atom stereocenters. The van der Waals surface area contributed by atoms with Gasteiger partial charge < -0.3 is 4.74 Å². The molecule has 0 unspecified atom stereocenters. The van der Waals surface area contributed by atoms with Crippen LogP contribution in [-0.2, 0) is 4.74 Å². The Morgan fingerprint density at radius 3 is 2.30 bits per heavy atom. The number of benzene rings is 2. The zero-order chi connectivity index (χ0) is 14.4. The first-order valence-corrected chi connectivity index (χ1v) is 6.70. The molecule has 0 N–H and O–H groups in total.